The molecule has 0 spiro atoms. The molecule has 0 bridgehead atoms. The molecule has 36 heavy (non-hydrogen) atoms. The van der Waals surface area contributed by atoms with Crippen LogP contribution in [0.5, 0.6) is 0 Å². The third kappa shape index (κ3) is 4.83. The average molecular weight is 561 g/mol. The van der Waals surface area contributed by atoms with E-state index in [0.29, 0.717) is 25.0 Å². The van der Waals surface area contributed by atoms with Gasteiger partial charge in [-0.2, -0.15) is 26.3 Å². The van der Waals surface area contributed by atoms with Gasteiger partial charge in [0.1, 0.15) is 16.3 Å². The van der Waals surface area contributed by atoms with Crippen molar-refractivity contribution >= 4 is 34.8 Å². The molecule has 0 aromatic heterocycles. The standard InChI is InChI=1S/C23H18Cl2F8N2O/c24-16-8-15(18(26)17(25)19(16)27)21(23(31,32)33)5-6-35(10-21)13-4-3-12(14(7-13)22(28,29)30)9-34-20(36)11-1-2-11/h3-4,7-8,11H,1-2,5-6,9-10H2,(H,34,36). The van der Waals surface area contributed by atoms with Crippen molar-refractivity contribution in [2.45, 2.75) is 43.6 Å². The lowest BCUT2D eigenvalue weighted by Gasteiger charge is -2.33. The highest BCUT2D eigenvalue weighted by Crippen LogP contribution is 2.51. The molecule has 0 radical (unpaired) electrons. The van der Waals surface area contributed by atoms with Crippen LogP contribution in [0.25, 0.3) is 0 Å². The molecule has 3 nitrogen and oxygen atoms in total. The normalized spacial score (nSPS) is 20.7. The molecule has 1 amide bonds. The second kappa shape index (κ2) is 9.24. The van der Waals surface area contributed by atoms with Crippen LogP contribution in [0.15, 0.2) is 24.3 Å². The van der Waals surface area contributed by atoms with E-state index in [0.717, 1.165) is 11.0 Å². The predicted octanol–water partition coefficient (Wildman–Crippen LogP) is 7.03. The smallest absolute Gasteiger partial charge is 0.370 e. The minimum atomic E-state index is -5.06. The van der Waals surface area contributed by atoms with E-state index < -0.39 is 70.1 Å². The maximum absolute atomic E-state index is 14.8. The van der Waals surface area contributed by atoms with Crippen LogP contribution < -0.4 is 10.2 Å². The van der Waals surface area contributed by atoms with E-state index in [2.05, 4.69) is 5.32 Å². The van der Waals surface area contributed by atoms with E-state index >= 15 is 0 Å². The lowest BCUT2D eigenvalue weighted by Crippen LogP contribution is -2.45. The Labute approximate surface area is 210 Å². The van der Waals surface area contributed by atoms with Crippen LogP contribution in [0.4, 0.5) is 40.8 Å². The summed E-state index contributed by atoms with van der Waals surface area (Å²) < 4.78 is 113. The lowest BCUT2D eigenvalue weighted by atomic mass is 9.78. The minimum absolute atomic E-state index is 0.176. The summed E-state index contributed by atoms with van der Waals surface area (Å²) in [4.78, 5) is 12.9. The zero-order chi connectivity index (χ0) is 26.6. The van der Waals surface area contributed by atoms with Gasteiger partial charge in [-0.3, -0.25) is 4.79 Å². The van der Waals surface area contributed by atoms with E-state index in [-0.39, 0.29) is 29.6 Å². The van der Waals surface area contributed by atoms with Crippen molar-refractivity contribution in [2.24, 2.45) is 5.92 Å². The molecule has 2 aromatic rings. The third-order valence-electron chi connectivity index (χ3n) is 6.60. The molecule has 196 valence electrons. The van der Waals surface area contributed by atoms with E-state index in [1.165, 1.54) is 6.07 Å². The Hall–Kier alpha value is -2.27. The number of carbonyl (C=O) groups excluding carboxylic acids is 1. The van der Waals surface area contributed by atoms with Gasteiger partial charge in [0.15, 0.2) is 5.82 Å². The summed E-state index contributed by atoms with van der Waals surface area (Å²) in [5, 5.41) is 0.432. The second-order valence-electron chi connectivity index (χ2n) is 8.93. The molecule has 1 atom stereocenters. The summed E-state index contributed by atoms with van der Waals surface area (Å²) in [7, 11) is 0. The van der Waals surface area contributed by atoms with Gasteiger partial charge in [0.25, 0.3) is 0 Å². The van der Waals surface area contributed by atoms with Crippen LogP contribution in [0.1, 0.15) is 36.0 Å². The van der Waals surface area contributed by atoms with E-state index in [9.17, 15) is 39.9 Å². The number of amides is 1. The third-order valence-corrected chi connectivity index (χ3v) is 7.20. The first-order valence-corrected chi connectivity index (χ1v) is 11.5. The molecular weight excluding hydrogens is 543 g/mol. The van der Waals surface area contributed by atoms with Gasteiger partial charge in [0.2, 0.25) is 5.91 Å². The van der Waals surface area contributed by atoms with Crippen molar-refractivity contribution in [3.05, 3.63) is 62.6 Å². The predicted molar refractivity (Wildman–Crippen MR) is 117 cm³/mol. The summed E-state index contributed by atoms with van der Waals surface area (Å²) in [6, 6.07) is 3.51. The molecular formula is C23H18Cl2F8N2O. The molecule has 1 aliphatic heterocycles. The SMILES string of the molecule is O=C(NCc1ccc(N2CCC(c3cc(Cl)c(F)c(Cl)c3F)(C(F)(F)F)C2)cc1C(F)(F)F)C1CC1. The van der Waals surface area contributed by atoms with Gasteiger partial charge in [0.05, 0.1) is 10.6 Å². The molecule has 1 unspecified atom stereocenters. The summed E-state index contributed by atoms with van der Waals surface area (Å²) in [6.45, 7) is -1.71. The van der Waals surface area contributed by atoms with Crippen molar-refractivity contribution in [3.8, 4) is 0 Å². The molecule has 1 heterocycles. The number of rotatable bonds is 5. The Kier molecular flexibility index (Phi) is 6.87. The van der Waals surface area contributed by atoms with Crippen molar-refractivity contribution < 1.29 is 39.9 Å². The first-order valence-electron chi connectivity index (χ1n) is 10.8. The number of halogens is 10. The van der Waals surface area contributed by atoms with Crippen molar-refractivity contribution in [1.82, 2.24) is 5.32 Å². The summed E-state index contributed by atoms with van der Waals surface area (Å²) in [6.07, 6.45) is -9.31. The zero-order valence-electron chi connectivity index (χ0n) is 18.3. The van der Waals surface area contributed by atoms with Crippen LogP contribution in [-0.4, -0.2) is 25.2 Å². The average Bonchev–Trinajstić information content (AvgIpc) is 3.55. The summed E-state index contributed by atoms with van der Waals surface area (Å²) in [5.74, 6) is -3.62. The Morgan fingerprint density at radius 2 is 1.72 bits per heavy atom. The van der Waals surface area contributed by atoms with Crippen LogP contribution in [0.3, 0.4) is 0 Å². The van der Waals surface area contributed by atoms with Gasteiger partial charge in [-0.15, -0.1) is 0 Å². The molecule has 1 aliphatic carbocycles. The number of alkyl halides is 6. The van der Waals surface area contributed by atoms with Crippen molar-refractivity contribution in [3.63, 3.8) is 0 Å². The highest BCUT2D eigenvalue weighted by Gasteiger charge is 2.60. The number of nitrogens with one attached hydrogen (secondary N) is 1. The van der Waals surface area contributed by atoms with Gasteiger partial charge >= 0.3 is 12.4 Å². The largest absolute Gasteiger partial charge is 0.416 e. The highest BCUT2D eigenvalue weighted by atomic mass is 35.5. The lowest BCUT2D eigenvalue weighted by molar-refractivity contribution is -0.185. The van der Waals surface area contributed by atoms with Gasteiger partial charge < -0.3 is 10.2 Å². The molecule has 2 aliphatic rings. The molecule has 2 aromatic carbocycles. The van der Waals surface area contributed by atoms with Crippen molar-refractivity contribution in [1.29, 1.82) is 0 Å². The maximum Gasteiger partial charge on any atom is 0.416 e. The molecule has 1 N–H and O–H groups in total. The number of carbonyl (C=O) groups is 1. The maximum atomic E-state index is 14.8. The number of benzene rings is 2. The number of hydrogen-bond donors (Lipinski definition) is 1. The monoisotopic (exact) mass is 560 g/mol. The van der Waals surface area contributed by atoms with E-state index in [4.69, 9.17) is 23.2 Å². The van der Waals surface area contributed by atoms with Crippen LogP contribution >= 0.6 is 23.2 Å². The minimum Gasteiger partial charge on any atom is -0.370 e. The van der Waals surface area contributed by atoms with Gasteiger partial charge in [0, 0.05) is 36.8 Å². The summed E-state index contributed by atoms with van der Waals surface area (Å²) >= 11 is 11.2. The molecule has 2 fully saturated rings. The number of anilines is 1. The molecule has 4 rings (SSSR count). The fourth-order valence-electron chi connectivity index (χ4n) is 4.41. The molecule has 13 heteroatoms. The molecule has 1 saturated heterocycles. The van der Waals surface area contributed by atoms with Gasteiger partial charge in [-0.05, 0) is 43.0 Å². The van der Waals surface area contributed by atoms with Crippen molar-refractivity contribution in [2.75, 3.05) is 18.0 Å². The Morgan fingerprint density at radius 1 is 1.06 bits per heavy atom. The quantitative estimate of drug-likeness (QED) is 0.242. The Bertz CT molecular complexity index is 1200. The number of nitrogens with zero attached hydrogens (tertiary/aromatic N) is 1. The molecule has 1 saturated carbocycles. The van der Waals surface area contributed by atoms with Gasteiger partial charge in [-0.1, -0.05) is 29.3 Å². The second-order valence-corrected chi connectivity index (χ2v) is 9.72. The topological polar surface area (TPSA) is 32.3 Å². The van der Waals surface area contributed by atoms with Crippen LogP contribution in [-0.2, 0) is 22.9 Å². The van der Waals surface area contributed by atoms with Crippen LogP contribution in [0.2, 0.25) is 10.0 Å². The summed E-state index contributed by atoms with van der Waals surface area (Å²) in [5.41, 5.74) is -5.41. The highest BCUT2D eigenvalue weighted by molar-refractivity contribution is 6.35. The fourth-order valence-corrected chi connectivity index (χ4v) is 4.86. The number of hydrogen-bond acceptors (Lipinski definition) is 2. The van der Waals surface area contributed by atoms with Gasteiger partial charge in [-0.25, -0.2) is 8.78 Å². The Balaban J connectivity index is 1.69. The fraction of sp³-hybridized carbons (Fsp3) is 0.435. The Morgan fingerprint density at radius 3 is 2.31 bits per heavy atom. The van der Waals surface area contributed by atoms with E-state index in [1.54, 1.807) is 0 Å². The first kappa shape index (κ1) is 26.8. The zero-order valence-corrected chi connectivity index (χ0v) is 19.8. The van der Waals surface area contributed by atoms with E-state index in [1.807, 2.05) is 0 Å². The van der Waals surface area contributed by atoms with Crippen LogP contribution in [0, 0.1) is 17.6 Å². The first-order chi connectivity index (χ1) is 16.7.